The largest absolute Gasteiger partial charge is 0.463 e. The number of esters is 1. The van der Waals surface area contributed by atoms with Gasteiger partial charge in [-0.1, -0.05) is 12.1 Å². The molecule has 0 aliphatic carbocycles. The van der Waals surface area contributed by atoms with E-state index in [0.29, 0.717) is 6.07 Å². The summed E-state index contributed by atoms with van der Waals surface area (Å²) < 4.78 is 41.4. The Morgan fingerprint density at radius 2 is 1.84 bits per heavy atom. The lowest BCUT2D eigenvalue weighted by atomic mass is 10.0. The van der Waals surface area contributed by atoms with Crippen LogP contribution in [0.3, 0.4) is 0 Å². The summed E-state index contributed by atoms with van der Waals surface area (Å²) in [5.41, 5.74) is -1.28. The van der Waals surface area contributed by atoms with Gasteiger partial charge in [0.1, 0.15) is 0 Å². The van der Waals surface area contributed by atoms with E-state index in [2.05, 4.69) is 4.74 Å². The molecular formula is C12H9F3O4. The number of ketones is 2. The second-order valence-corrected chi connectivity index (χ2v) is 3.59. The fraction of sp³-hybridized carbons (Fsp3) is 0.250. The molecule has 0 fully saturated rings. The van der Waals surface area contributed by atoms with Crippen molar-refractivity contribution in [2.24, 2.45) is 0 Å². The summed E-state index contributed by atoms with van der Waals surface area (Å²) in [5.74, 6) is -3.19. The molecule has 7 heteroatoms. The van der Waals surface area contributed by atoms with Crippen LogP contribution < -0.4 is 0 Å². The number of hydrogen-bond donors (Lipinski definition) is 0. The Labute approximate surface area is 106 Å². The fourth-order valence-electron chi connectivity index (χ4n) is 1.30. The average molecular weight is 274 g/mol. The average Bonchev–Trinajstić information content (AvgIpc) is 2.36. The molecule has 0 aliphatic rings. The van der Waals surface area contributed by atoms with Crippen LogP contribution in [0.1, 0.15) is 22.3 Å². The highest BCUT2D eigenvalue weighted by Gasteiger charge is 2.31. The smallest absolute Gasteiger partial charge is 0.416 e. The van der Waals surface area contributed by atoms with Gasteiger partial charge in [0.05, 0.1) is 19.1 Å². The molecule has 0 radical (unpaired) electrons. The fourth-order valence-corrected chi connectivity index (χ4v) is 1.30. The molecule has 1 aromatic rings. The highest BCUT2D eigenvalue weighted by Crippen LogP contribution is 2.29. The maximum Gasteiger partial charge on any atom is 0.416 e. The predicted octanol–water partition coefficient (Wildman–Crippen LogP) is 2.02. The highest BCUT2D eigenvalue weighted by molar-refractivity contribution is 6.38. The molecule has 0 aliphatic heterocycles. The van der Waals surface area contributed by atoms with Gasteiger partial charge in [0.25, 0.3) is 0 Å². The molecule has 19 heavy (non-hydrogen) atoms. The summed E-state index contributed by atoms with van der Waals surface area (Å²) in [6.07, 6.45) is -5.41. The molecule has 0 saturated carbocycles. The first-order chi connectivity index (χ1) is 8.75. The van der Waals surface area contributed by atoms with E-state index in [1.54, 1.807) is 0 Å². The van der Waals surface area contributed by atoms with Crippen molar-refractivity contribution in [1.29, 1.82) is 0 Å². The second-order valence-electron chi connectivity index (χ2n) is 3.59. The number of hydrogen-bond acceptors (Lipinski definition) is 4. The third-order valence-electron chi connectivity index (χ3n) is 2.25. The van der Waals surface area contributed by atoms with Crippen molar-refractivity contribution in [3.63, 3.8) is 0 Å². The molecule has 0 bridgehead atoms. The summed E-state index contributed by atoms with van der Waals surface area (Å²) >= 11 is 0. The van der Waals surface area contributed by atoms with Crippen molar-refractivity contribution >= 4 is 17.5 Å². The molecule has 0 atom stereocenters. The Morgan fingerprint density at radius 1 is 1.21 bits per heavy atom. The molecule has 0 N–H and O–H groups in total. The van der Waals surface area contributed by atoms with Gasteiger partial charge < -0.3 is 4.74 Å². The highest BCUT2D eigenvalue weighted by atomic mass is 19.4. The summed E-state index contributed by atoms with van der Waals surface area (Å²) in [5, 5.41) is 0. The minimum Gasteiger partial charge on any atom is -0.463 e. The molecule has 4 nitrogen and oxygen atoms in total. The summed E-state index contributed by atoms with van der Waals surface area (Å²) in [6, 6.07) is 3.63. The molecule has 0 aromatic heterocycles. The molecule has 0 unspecified atom stereocenters. The first kappa shape index (κ1) is 14.9. The van der Waals surface area contributed by atoms with E-state index in [1.165, 1.54) is 0 Å². The van der Waals surface area contributed by atoms with Gasteiger partial charge in [-0.25, -0.2) is 4.79 Å². The topological polar surface area (TPSA) is 60.4 Å². The first-order valence-corrected chi connectivity index (χ1v) is 5.07. The predicted molar refractivity (Wildman–Crippen MR) is 57.4 cm³/mol. The zero-order chi connectivity index (χ0) is 14.6. The van der Waals surface area contributed by atoms with Crippen molar-refractivity contribution in [3.05, 3.63) is 35.4 Å². The summed E-state index contributed by atoms with van der Waals surface area (Å²) in [4.78, 5) is 33.5. The van der Waals surface area contributed by atoms with E-state index in [4.69, 9.17) is 0 Å². The van der Waals surface area contributed by atoms with Gasteiger partial charge in [0.2, 0.25) is 5.78 Å². The van der Waals surface area contributed by atoms with E-state index < -0.39 is 35.7 Å². The van der Waals surface area contributed by atoms with E-state index in [9.17, 15) is 27.6 Å². The van der Waals surface area contributed by atoms with Gasteiger partial charge in [-0.2, -0.15) is 13.2 Å². The van der Waals surface area contributed by atoms with Crippen molar-refractivity contribution in [2.75, 3.05) is 7.11 Å². The Kier molecular flexibility index (Phi) is 4.42. The molecule has 0 spiro atoms. The van der Waals surface area contributed by atoms with Crippen LogP contribution in [0.2, 0.25) is 0 Å². The lowest BCUT2D eigenvalue weighted by Crippen LogP contribution is -2.19. The van der Waals surface area contributed by atoms with Crippen molar-refractivity contribution < 1.29 is 32.3 Å². The van der Waals surface area contributed by atoms with Crippen LogP contribution in [0.15, 0.2) is 24.3 Å². The van der Waals surface area contributed by atoms with Gasteiger partial charge in [-0.15, -0.1) is 0 Å². The lowest BCUT2D eigenvalue weighted by molar-refractivity contribution is -0.151. The van der Waals surface area contributed by atoms with Crippen LogP contribution in [-0.2, 0) is 20.5 Å². The van der Waals surface area contributed by atoms with E-state index in [-0.39, 0.29) is 5.56 Å². The van der Waals surface area contributed by atoms with Crippen molar-refractivity contribution in [2.45, 2.75) is 12.6 Å². The molecule has 0 amide bonds. The zero-order valence-electron chi connectivity index (χ0n) is 9.78. The molecule has 1 rings (SSSR count). The Hall–Kier alpha value is -2.18. The Morgan fingerprint density at radius 3 is 2.37 bits per heavy atom. The normalized spacial score (nSPS) is 10.9. The molecule has 0 saturated heterocycles. The number of rotatable bonds is 4. The van der Waals surface area contributed by atoms with Crippen LogP contribution in [0.25, 0.3) is 0 Å². The van der Waals surface area contributed by atoms with Gasteiger partial charge in [0, 0.05) is 5.56 Å². The van der Waals surface area contributed by atoms with Crippen molar-refractivity contribution in [3.8, 4) is 0 Å². The number of ether oxygens (including phenoxy) is 1. The van der Waals surface area contributed by atoms with E-state index >= 15 is 0 Å². The monoisotopic (exact) mass is 274 g/mol. The van der Waals surface area contributed by atoms with Gasteiger partial charge in [0.15, 0.2) is 5.78 Å². The number of halogens is 3. The number of methoxy groups -OCH3 is 1. The lowest BCUT2D eigenvalue weighted by Gasteiger charge is -2.07. The number of alkyl halides is 3. The summed E-state index contributed by atoms with van der Waals surface area (Å²) in [6.45, 7) is 0. The number of benzene rings is 1. The SMILES string of the molecule is COC(=O)C(=O)CC(=O)c1cccc(C(F)(F)F)c1. The Bertz CT molecular complexity index is 520. The number of carbonyl (C=O) groups excluding carboxylic acids is 3. The number of Topliss-reactive ketones (excluding diaryl/α,β-unsaturated/α-hetero) is 2. The van der Waals surface area contributed by atoms with E-state index in [1.807, 2.05) is 0 Å². The third kappa shape index (κ3) is 3.90. The standard InChI is InChI=1S/C12H9F3O4/c1-19-11(18)10(17)6-9(16)7-3-2-4-8(5-7)12(13,14)15/h2-5H,6H2,1H3. The van der Waals surface area contributed by atoms with Crippen LogP contribution in [0.4, 0.5) is 13.2 Å². The molecule has 0 heterocycles. The van der Waals surface area contributed by atoms with Crippen LogP contribution >= 0.6 is 0 Å². The van der Waals surface area contributed by atoms with Crippen molar-refractivity contribution in [1.82, 2.24) is 0 Å². The van der Waals surface area contributed by atoms with Crippen LogP contribution in [0.5, 0.6) is 0 Å². The minimum atomic E-state index is -4.58. The quantitative estimate of drug-likeness (QED) is 0.365. The van der Waals surface area contributed by atoms with Gasteiger partial charge in [-0.05, 0) is 12.1 Å². The maximum atomic E-state index is 12.4. The minimum absolute atomic E-state index is 0.285. The molecule has 102 valence electrons. The first-order valence-electron chi connectivity index (χ1n) is 5.07. The second kappa shape index (κ2) is 5.64. The van der Waals surface area contributed by atoms with Gasteiger partial charge in [-0.3, -0.25) is 9.59 Å². The van der Waals surface area contributed by atoms with Crippen LogP contribution in [-0.4, -0.2) is 24.6 Å². The van der Waals surface area contributed by atoms with Crippen LogP contribution in [0, 0.1) is 0 Å². The zero-order valence-corrected chi connectivity index (χ0v) is 9.78. The maximum absolute atomic E-state index is 12.4. The molecular weight excluding hydrogens is 265 g/mol. The number of carbonyl (C=O) groups is 3. The third-order valence-corrected chi connectivity index (χ3v) is 2.25. The molecule has 1 aromatic carbocycles. The summed E-state index contributed by atoms with van der Waals surface area (Å²) in [7, 11) is 0.967. The van der Waals surface area contributed by atoms with Gasteiger partial charge >= 0.3 is 12.1 Å². The Balaban J connectivity index is 2.90. The van der Waals surface area contributed by atoms with E-state index in [0.717, 1.165) is 25.3 Å².